The van der Waals surface area contributed by atoms with Crippen LogP contribution < -0.4 is 26.3 Å². The van der Waals surface area contributed by atoms with E-state index in [4.69, 9.17) is 16.3 Å². The van der Waals surface area contributed by atoms with Crippen molar-refractivity contribution in [2.45, 2.75) is 32.9 Å². The number of hydrogen-bond acceptors (Lipinski definition) is 1. The second-order valence-electron chi connectivity index (χ2n) is 8.55. The van der Waals surface area contributed by atoms with Crippen LogP contribution in [0.4, 0.5) is 0 Å². The Morgan fingerprint density at radius 1 is 0.882 bits per heavy atom. The highest BCUT2D eigenvalue weighted by molar-refractivity contribution is 6.30. The summed E-state index contributed by atoms with van der Waals surface area (Å²) in [5, 5.41) is 3.28. The summed E-state index contributed by atoms with van der Waals surface area (Å²) < 4.78 is 10.3. The summed E-state index contributed by atoms with van der Waals surface area (Å²) in [6.07, 6.45) is 4.41. The normalized spacial score (nSPS) is 11.0. The molecule has 3 aromatic carbocycles. The minimum Gasteiger partial charge on any atom is -1.00 e. The van der Waals surface area contributed by atoms with Crippen LogP contribution in [-0.2, 0) is 19.5 Å². The van der Waals surface area contributed by atoms with E-state index in [0.29, 0.717) is 0 Å². The maximum atomic E-state index is 6.30. The molecule has 34 heavy (non-hydrogen) atoms. The first-order chi connectivity index (χ1) is 16.1. The summed E-state index contributed by atoms with van der Waals surface area (Å²) >= 11 is 6.30. The Labute approximate surface area is 216 Å². The monoisotopic (exact) mass is 534 g/mol. The van der Waals surface area contributed by atoms with E-state index in [9.17, 15) is 0 Å². The van der Waals surface area contributed by atoms with Gasteiger partial charge < -0.3 is 26.3 Å². The van der Waals surface area contributed by atoms with E-state index in [1.54, 1.807) is 7.11 Å². The third-order valence-corrected chi connectivity index (χ3v) is 6.68. The highest BCUT2D eigenvalue weighted by Gasteiger charge is 2.20. The fourth-order valence-corrected chi connectivity index (χ4v) is 4.99. The van der Waals surface area contributed by atoms with Crippen molar-refractivity contribution in [2.24, 2.45) is 0 Å². The van der Waals surface area contributed by atoms with Crippen molar-refractivity contribution >= 4 is 33.4 Å². The van der Waals surface area contributed by atoms with Gasteiger partial charge in [0, 0.05) is 47.8 Å². The number of rotatable bonds is 7. The van der Waals surface area contributed by atoms with Crippen LogP contribution in [0.15, 0.2) is 85.1 Å². The van der Waals surface area contributed by atoms with Crippen molar-refractivity contribution in [2.75, 3.05) is 7.11 Å². The van der Waals surface area contributed by atoms with Crippen molar-refractivity contribution in [1.82, 2.24) is 4.57 Å². The largest absolute Gasteiger partial charge is 1.00 e. The zero-order chi connectivity index (χ0) is 22.8. The average Bonchev–Trinajstić information content (AvgIpc) is 3.14. The smallest absolute Gasteiger partial charge is 0.202 e. The van der Waals surface area contributed by atoms with Gasteiger partial charge in [0.05, 0.1) is 12.6 Å². The molecule has 0 spiro atoms. The molecule has 0 bridgehead atoms. The fourth-order valence-electron chi connectivity index (χ4n) is 4.78. The molecule has 5 aromatic rings. The number of halogens is 2. The Morgan fingerprint density at radius 2 is 1.68 bits per heavy atom. The number of fused-ring (bicyclic) bond motifs is 3. The van der Waals surface area contributed by atoms with Crippen LogP contribution in [0.3, 0.4) is 0 Å². The highest BCUT2D eigenvalue weighted by Crippen LogP contribution is 2.33. The summed E-state index contributed by atoms with van der Waals surface area (Å²) in [5.74, 6) is 0.867. The van der Waals surface area contributed by atoms with Gasteiger partial charge in [-0.3, -0.25) is 0 Å². The zero-order valence-corrected chi connectivity index (χ0v) is 21.8. The van der Waals surface area contributed by atoms with E-state index < -0.39 is 0 Å². The molecule has 0 amide bonds. The standard InChI is InChI=1S/C29H28ClN2O.BrH/c1-21-29-27(15-17-31(21)16-7-11-22-8-4-3-5-9-22)26-14-13-25(33-2)19-28(26)32(29)20-23-10-6-12-24(30)18-23;/h3-6,8-10,12-15,17-19H,7,11,16,20H2,1-2H3;1H/q+1;/p-1. The number of aromatic nitrogens is 2. The molecule has 2 aromatic heterocycles. The predicted molar refractivity (Wildman–Crippen MR) is 136 cm³/mol. The van der Waals surface area contributed by atoms with Gasteiger partial charge >= 0.3 is 0 Å². The summed E-state index contributed by atoms with van der Waals surface area (Å²) in [6, 6.07) is 27.4. The molecule has 0 atom stereocenters. The van der Waals surface area contributed by atoms with Crippen molar-refractivity contribution in [3.05, 3.63) is 107 Å². The third kappa shape index (κ3) is 4.84. The Kier molecular flexibility index (Phi) is 7.60. The molecule has 0 N–H and O–H groups in total. The van der Waals surface area contributed by atoms with Crippen LogP contribution in [0.1, 0.15) is 23.2 Å². The molecule has 0 aliphatic rings. The van der Waals surface area contributed by atoms with Gasteiger partial charge in [-0.05, 0) is 41.8 Å². The molecule has 0 aliphatic carbocycles. The van der Waals surface area contributed by atoms with Gasteiger partial charge in [-0.25, -0.2) is 4.57 Å². The molecule has 5 rings (SSSR count). The van der Waals surface area contributed by atoms with E-state index >= 15 is 0 Å². The molecule has 0 saturated heterocycles. The first-order valence-corrected chi connectivity index (χ1v) is 11.8. The molecule has 2 heterocycles. The number of aryl methyl sites for hydroxylation is 3. The summed E-state index contributed by atoms with van der Waals surface area (Å²) in [6.45, 7) is 3.97. The van der Waals surface area contributed by atoms with Crippen LogP contribution in [0, 0.1) is 6.92 Å². The first-order valence-electron chi connectivity index (χ1n) is 11.4. The third-order valence-electron chi connectivity index (χ3n) is 6.44. The molecule has 5 heteroatoms. The minimum absolute atomic E-state index is 0. The molecule has 0 aliphatic heterocycles. The van der Waals surface area contributed by atoms with Gasteiger partial charge in [-0.2, -0.15) is 0 Å². The second kappa shape index (κ2) is 10.6. The van der Waals surface area contributed by atoms with Crippen molar-refractivity contribution in [3.8, 4) is 5.75 Å². The zero-order valence-electron chi connectivity index (χ0n) is 19.5. The van der Waals surface area contributed by atoms with Gasteiger partial charge in [-0.15, -0.1) is 0 Å². The Hall–Kier alpha value is -2.82. The van der Waals surface area contributed by atoms with Gasteiger partial charge in [0.2, 0.25) is 5.69 Å². The summed E-state index contributed by atoms with van der Waals surface area (Å²) in [4.78, 5) is 0. The maximum absolute atomic E-state index is 6.30. The van der Waals surface area contributed by atoms with Crippen LogP contribution in [0.5, 0.6) is 5.75 Å². The predicted octanol–water partition coefficient (Wildman–Crippen LogP) is 3.74. The van der Waals surface area contributed by atoms with Crippen LogP contribution in [0.25, 0.3) is 21.8 Å². The van der Waals surface area contributed by atoms with E-state index in [-0.39, 0.29) is 17.0 Å². The Bertz CT molecular complexity index is 1430. The number of benzene rings is 3. The fraction of sp³-hybridized carbons (Fsp3) is 0.207. The number of methoxy groups -OCH3 is 1. The molecule has 3 nitrogen and oxygen atoms in total. The van der Waals surface area contributed by atoms with Gasteiger partial charge in [0.25, 0.3) is 0 Å². The molecule has 0 unspecified atom stereocenters. The lowest BCUT2D eigenvalue weighted by molar-refractivity contribution is -0.701. The molecular weight excluding hydrogens is 508 g/mol. The Morgan fingerprint density at radius 3 is 2.44 bits per heavy atom. The molecule has 0 saturated carbocycles. The SMILES string of the molecule is COc1ccc2c3cc[n+](CCCc4ccccc4)c(C)c3n(Cc3cccc(Cl)c3)c2c1.[Br-]. The Balaban J connectivity index is 0.00000274. The molecular formula is C29H28BrClN2O. The average molecular weight is 536 g/mol. The lowest BCUT2D eigenvalue weighted by atomic mass is 10.1. The number of ether oxygens (including phenoxy) is 1. The van der Waals surface area contributed by atoms with E-state index in [1.165, 1.54) is 38.6 Å². The molecule has 174 valence electrons. The highest BCUT2D eigenvalue weighted by atomic mass is 79.9. The first kappa shape index (κ1) is 24.3. The number of nitrogens with zero attached hydrogens (tertiary/aromatic N) is 2. The van der Waals surface area contributed by atoms with Crippen LogP contribution >= 0.6 is 11.6 Å². The van der Waals surface area contributed by atoms with E-state index in [0.717, 1.165) is 36.7 Å². The lowest BCUT2D eigenvalue weighted by Crippen LogP contribution is -3.00. The quantitative estimate of drug-likeness (QED) is 0.291. The summed E-state index contributed by atoms with van der Waals surface area (Å²) in [5.41, 5.74) is 6.29. The number of hydrogen-bond donors (Lipinski definition) is 0. The van der Waals surface area contributed by atoms with Crippen molar-refractivity contribution < 1.29 is 26.3 Å². The second-order valence-corrected chi connectivity index (χ2v) is 8.98. The minimum atomic E-state index is 0. The lowest BCUT2D eigenvalue weighted by Gasteiger charge is -2.10. The van der Waals surface area contributed by atoms with Crippen LogP contribution in [0.2, 0.25) is 5.02 Å². The summed E-state index contributed by atoms with van der Waals surface area (Å²) in [7, 11) is 1.72. The van der Waals surface area contributed by atoms with E-state index in [1.807, 2.05) is 24.3 Å². The van der Waals surface area contributed by atoms with Crippen molar-refractivity contribution in [3.63, 3.8) is 0 Å². The van der Waals surface area contributed by atoms with Gasteiger partial charge in [0.15, 0.2) is 6.20 Å². The van der Waals surface area contributed by atoms with Gasteiger partial charge in [0.1, 0.15) is 17.8 Å². The topological polar surface area (TPSA) is 18.0 Å². The molecule has 0 fully saturated rings. The van der Waals surface area contributed by atoms with E-state index in [2.05, 4.69) is 76.9 Å². The van der Waals surface area contributed by atoms with Crippen molar-refractivity contribution in [1.29, 1.82) is 0 Å². The number of pyridine rings is 1. The van der Waals surface area contributed by atoms with Gasteiger partial charge in [-0.1, -0.05) is 54.1 Å². The molecule has 0 radical (unpaired) electrons. The van der Waals surface area contributed by atoms with Crippen LogP contribution in [-0.4, -0.2) is 11.7 Å². The maximum Gasteiger partial charge on any atom is 0.202 e.